The molecule has 6 nitrogen and oxygen atoms in total. The van der Waals surface area contributed by atoms with Crippen LogP contribution in [0.25, 0.3) is 0 Å². The van der Waals surface area contributed by atoms with Gasteiger partial charge in [0.1, 0.15) is 0 Å². The Morgan fingerprint density at radius 1 is 1.07 bits per heavy atom. The highest BCUT2D eigenvalue weighted by Gasteiger charge is 2.30. The average molecular weight is 470 g/mol. The number of rotatable bonds is 6. The van der Waals surface area contributed by atoms with E-state index in [-0.39, 0.29) is 28.3 Å². The molecule has 1 aromatic carbocycles. The summed E-state index contributed by atoms with van der Waals surface area (Å²) >= 11 is 18.2. The van der Waals surface area contributed by atoms with Crippen LogP contribution in [0.15, 0.2) is 24.4 Å². The summed E-state index contributed by atoms with van der Waals surface area (Å²) < 4.78 is 0. The lowest BCUT2D eigenvalue weighted by atomic mass is 9.89. The Bertz CT molecular complexity index is 942. The van der Waals surface area contributed by atoms with Crippen LogP contribution in [0, 0.1) is 5.92 Å². The Hall–Kier alpha value is -1.89. The lowest BCUT2D eigenvalue weighted by molar-refractivity contribution is 0.0645. The molecule has 0 atom stereocenters. The van der Waals surface area contributed by atoms with Crippen LogP contribution < -0.4 is 4.90 Å². The van der Waals surface area contributed by atoms with Crippen LogP contribution in [0.2, 0.25) is 15.1 Å². The SMILES string of the molecule is CCN(CC)c1ncc(Cl)c(C(=O)N2CCC(C(=O)c3ccc(Cl)c(Cl)c3)CC2)n1. The molecule has 2 heterocycles. The van der Waals surface area contributed by atoms with Gasteiger partial charge in [-0.2, -0.15) is 0 Å². The molecule has 0 N–H and O–H groups in total. The zero-order valence-electron chi connectivity index (χ0n) is 16.9. The van der Waals surface area contributed by atoms with Crippen molar-refractivity contribution in [1.29, 1.82) is 0 Å². The molecule has 0 spiro atoms. The summed E-state index contributed by atoms with van der Waals surface area (Å²) in [7, 11) is 0. The van der Waals surface area contributed by atoms with Crippen LogP contribution in [0.3, 0.4) is 0 Å². The van der Waals surface area contributed by atoms with Crippen molar-refractivity contribution < 1.29 is 9.59 Å². The number of carbonyl (C=O) groups excluding carboxylic acids is 2. The monoisotopic (exact) mass is 468 g/mol. The number of benzene rings is 1. The number of nitrogens with zero attached hydrogens (tertiary/aromatic N) is 4. The molecule has 0 radical (unpaired) electrons. The van der Waals surface area contributed by atoms with Gasteiger partial charge in [-0.15, -0.1) is 0 Å². The topological polar surface area (TPSA) is 66.4 Å². The molecule has 3 rings (SSSR count). The van der Waals surface area contributed by atoms with Gasteiger partial charge in [-0.3, -0.25) is 9.59 Å². The van der Waals surface area contributed by atoms with Crippen molar-refractivity contribution in [3.8, 4) is 0 Å². The Morgan fingerprint density at radius 3 is 2.33 bits per heavy atom. The van der Waals surface area contributed by atoms with Gasteiger partial charge in [-0.05, 0) is 44.9 Å². The number of carbonyl (C=O) groups is 2. The van der Waals surface area contributed by atoms with E-state index in [1.807, 2.05) is 18.7 Å². The van der Waals surface area contributed by atoms with Crippen LogP contribution in [-0.4, -0.2) is 52.7 Å². The minimum atomic E-state index is -0.240. The molecule has 30 heavy (non-hydrogen) atoms. The minimum Gasteiger partial charge on any atom is -0.341 e. The van der Waals surface area contributed by atoms with Crippen LogP contribution in [-0.2, 0) is 0 Å². The predicted molar refractivity (Wildman–Crippen MR) is 120 cm³/mol. The first-order valence-corrected chi connectivity index (χ1v) is 11.0. The van der Waals surface area contributed by atoms with Gasteiger partial charge in [0.05, 0.1) is 21.3 Å². The molecule has 0 bridgehead atoms. The van der Waals surface area contributed by atoms with E-state index in [1.54, 1.807) is 23.1 Å². The molecule has 1 amide bonds. The van der Waals surface area contributed by atoms with Crippen molar-refractivity contribution in [2.45, 2.75) is 26.7 Å². The van der Waals surface area contributed by atoms with E-state index in [1.165, 1.54) is 6.20 Å². The summed E-state index contributed by atoms with van der Waals surface area (Å²) in [4.78, 5) is 38.1. The van der Waals surface area contributed by atoms with E-state index in [0.29, 0.717) is 47.5 Å². The normalized spacial score (nSPS) is 14.6. The highest BCUT2D eigenvalue weighted by molar-refractivity contribution is 6.42. The van der Waals surface area contributed by atoms with E-state index >= 15 is 0 Å². The molecule has 1 aromatic heterocycles. The van der Waals surface area contributed by atoms with Gasteiger partial charge < -0.3 is 9.80 Å². The second-order valence-corrected chi connectivity index (χ2v) is 8.32. The number of anilines is 1. The summed E-state index contributed by atoms with van der Waals surface area (Å²) in [5.41, 5.74) is 0.736. The van der Waals surface area contributed by atoms with Gasteiger partial charge in [-0.25, -0.2) is 9.97 Å². The number of ketones is 1. The zero-order chi connectivity index (χ0) is 21.8. The van der Waals surface area contributed by atoms with Crippen LogP contribution >= 0.6 is 34.8 Å². The van der Waals surface area contributed by atoms with E-state index in [0.717, 1.165) is 13.1 Å². The first-order chi connectivity index (χ1) is 14.3. The molecule has 1 saturated heterocycles. The maximum absolute atomic E-state index is 13.0. The van der Waals surface area contributed by atoms with E-state index in [4.69, 9.17) is 34.8 Å². The quantitative estimate of drug-likeness (QED) is 0.556. The van der Waals surface area contributed by atoms with E-state index in [9.17, 15) is 9.59 Å². The summed E-state index contributed by atoms with van der Waals surface area (Å²) in [6.07, 6.45) is 2.60. The molecule has 0 unspecified atom stereocenters. The molecule has 1 fully saturated rings. The standard InChI is InChI=1S/C21H23Cl3N4O2/c1-3-27(4-2)21-25-12-17(24)18(26-21)20(30)28-9-7-13(8-10-28)19(29)14-5-6-15(22)16(23)11-14/h5-6,11-13H,3-4,7-10H2,1-2H3. The van der Waals surface area contributed by atoms with Gasteiger partial charge in [0.2, 0.25) is 5.95 Å². The third kappa shape index (κ3) is 4.88. The molecular formula is C21H23Cl3N4O2. The number of aromatic nitrogens is 2. The highest BCUT2D eigenvalue weighted by atomic mass is 35.5. The first-order valence-electron chi connectivity index (χ1n) is 9.91. The van der Waals surface area contributed by atoms with Gasteiger partial charge in [0.25, 0.3) is 5.91 Å². The van der Waals surface area contributed by atoms with Crippen molar-refractivity contribution >= 4 is 52.4 Å². The number of hydrogen-bond donors (Lipinski definition) is 0. The maximum atomic E-state index is 13.0. The Balaban J connectivity index is 1.69. The van der Waals surface area contributed by atoms with Gasteiger partial charge in [0, 0.05) is 37.7 Å². The Morgan fingerprint density at radius 2 is 1.73 bits per heavy atom. The van der Waals surface area contributed by atoms with Gasteiger partial charge in [-0.1, -0.05) is 34.8 Å². The zero-order valence-corrected chi connectivity index (χ0v) is 19.1. The fourth-order valence-electron chi connectivity index (χ4n) is 3.55. The van der Waals surface area contributed by atoms with Crippen molar-refractivity contribution in [3.63, 3.8) is 0 Å². The number of hydrogen-bond acceptors (Lipinski definition) is 5. The predicted octanol–water partition coefficient (Wildman–Crippen LogP) is 5.02. The largest absolute Gasteiger partial charge is 0.341 e. The fraction of sp³-hybridized carbons (Fsp3) is 0.429. The maximum Gasteiger partial charge on any atom is 0.274 e. The smallest absolute Gasteiger partial charge is 0.274 e. The summed E-state index contributed by atoms with van der Waals surface area (Å²) in [5, 5.41) is 1.00. The number of halogens is 3. The second-order valence-electron chi connectivity index (χ2n) is 7.10. The third-order valence-electron chi connectivity index (χ3n) is 5.34. The van der Waals surface area contributed by atoms with E-state index < -0.39 is 0 Å². The van der Waals surface area contributed by atoms with Crippen LogP contribution in [0.5, 0.6) is 0 Å². The van der Waals surface area contributed by atoms with Crippen molar-refractivity contribution in [2.75, 3.05) is 31.1 Å². The number of likely N-dealkylation sites (tertiary alicyclic amines) is 1. The molecule has 0 saturated carbocycles. The summed E-state index contributed by atoms with van der Waals surface area (Å²) in [5.74, 6) is 0.0941. The summed E-state index contributed by atoms with van der Waals surface area (Å²) in [6.45, 7) is 6.37. The minimum absolute atomic E-state index is 0.0181. The van der Waals surface area contributed by atoms with Gasteiger partial charge in [0.15, 0.2) is 11.5 Å². The van der Waals surface area contributed by atoms with E-state index in [2.05, 4.69) is 9.97 Å². The van der Waals surface area contributed by atoms with Crippen molar-refractivity contribution in [1.82, 2.24) is 14.9 Å². The van der Waals surface area contributed by atoms with Crippen LogP contribution in [0.1, 0.15) is 47.5 Å². The molecule has 1 aliphatic heterocycles. The second kappa shape index (κ2) is 9.94. The number of amides is 1. The Labute approximate surface area is 191 Å². The first kappa shape index (κ1) is 22.8. The van der Waals surface area contributed by atoms with Crippen LogP contribution in [0.4, 0.5) is 5.95 Å². The number of piperidine rings is 1. The third-order valence-corrected chi connectivity index (χ3v) is 6.35. The van der Waals surface area contributed by atoms with Crippen molar-refractivity contribution in [2.24, 2.45) is 5.92 Å². The number of Topliss-reactive ketones (excluding diaryl/α,β-unsaturated/α-hetero) is 1. The lowest BCUT2D eigenvalue weighted by Gasteiger charge is -2.31. The van der Waals surface area contributed by atoms with Gasteiger partial charge >= 0.3 is 0 Å². The molecule has 9 heteroatoms. The lowest BCUT2D eigenvalue weighted by Crippen LogP contribution is -2.41. The molecule has 160 valence electrons. The molecule has 1 aliphatic rings. The highest BCUT2D eigenvalue weighted by Crippen LogP contribution is 2.28. The Kier molecular flexibility index (Phi) is 7.55. The van der Waals surface area contributed by atoms with Crippen molar-refractivity contribution in [3.05, 3.63) is 50.7 Å². The fourth-order valence-corrected chi connectivity index (χ4v) is 4.02. The molecular weight excluding hydrogens is 447 g/mol. The summed E-state index contributed by atoms with van der Waals surface area (Å²) in [6, 6.07) is 4.91. The molecule has 2 aromatic rings. The molecule has 0 aliphatic carbocycles. The average Bonchev–Trinajstić information content (AvgIpc) is 2.76.